The van der Waals surface area contributed by atoms with Crippen molar-refractivity contribution in [2.45, 2.75) is 32.3 Å². The molecule has 1 heterocycles. The Bertz CT molecular complexity index is 299. The number of hydrogen-bond acceptors (Lipinski definition) is 5. The van der Waals surface area contributed by atoms with E-state index in [2.05, 4.69) is 5.32 Å². The van der Waals surface area contributed by atoms with E-state index >= 15 is 0 Å². The number of rotatable bonds is 4. The monoisotopic (exact) mass is 241 g/mol. The molecule has 0 radical (unpaired) electrons. The third kappa shape index (κ3) is 3.19. The second-order valence-electron chi connectivity index (χ2n) is 4.61. The molecule has 5 nitrogen and oxygen atoms in total. The highest BCUT2D eigenvalue weighted by molar-refractivity contribution is 5.78. The van der Waals surface area contributed by atoms with Crippen molar-refractivity contribution in [3.8, 4) is 0 Å². The number of piperidine rings is 1. The number of carbonyl (C=O) groups is 2. The normalized spacial score (nSPS) is 31.7. The van der Waals surface area contributed by atoms with Gasteiger partial charge in [0.2, 0.25) is 0 Å². The van der Waals surface area contributed by atoms with Gasteiger partial charge in [0.25, 0.3) is 0 Å². The zero-order chi connectivity index (χ0) is 12.3. The van der Waals surface area contributed by atoms with Crippen LogP contribution in [0.4, 0.5) is 0 Å². The minimum Gasteiger partial charge on any atom is -0.466 e. The van der Waals surface area contributed by atoms with E-state index in [0.29, 0.717) is 19.6 Å². The highest BCUT2D eigenvalue weighted by Gasteiger charge is 2.48. The average molecular weight is 241 g/mol. The molecule has 1 saturated carbocycles. The van der Waals surface area contributed by atoms with Crippen molar-refractivity contribution in [3.63, 3.8) is 0 Å². The van der Waals surface area contributed by atoms with Gasteiger partial charge in [-0.25, -0.2) is 0 Å². The molecule has 0 aromatic rings. The van der Waals surface area contributed by atoms with Gasteiger partial charge in [0.05, 0.1) is 18.4 Å². The van der Waals surface area contributed by atoms with Gasteiger partial charge in [-0.1, -0.05) is 0 Å². The van der Waals surface area contributed by atoms with Gasteiger partial charge in [0, 0.05) is 13.0 Å². The summed E-state index contributed by atoms with van der Waals surface area (Å²) < 4.78 is 10.2. The molecular formula is C12H19NO4. The lowest BCUT2D eigenvalue weighted by Crippen LogP contribution is -2.35. The third-order valence-corrected chi connectivity index (χ3v) is 3.22. The SMILES string of the molecule is CCOC(=O)C1CC1OC(=O)C1CCCNC1. The number of esters is 2. The highest BCUT2D eigenvalue weighted by atomic mass is 16.6. The van der Waals surface area contributed by atoms with Crippen molar-refractivity contribution < 1.29 is 19.1 Å². The summed E-state index contributed by atoms with van der Waals surface area (Å²) in [5, 5.41) is 3.17. The summed E-state index contributed by atoms with van der Waals surface area (Å²) in [5.41, 5.74) is 0. The van der Waals surface area contributed by atoms with Crippen molar-refractivity contribution in [1.29, 1.82) is 0 Å². The fourth-order valence-electron chi connectivity index (χ4n) is 2.10. The lowest BCUT2D eigenvalue weighted by Gasteiger charge is -2.21. The van der Waals surface area contributed by atoms with Crippen molar-refractivity contribution in [3.05, 3.63) is 0 Å². The number of carbonyl (C=O) groups excluding carboxylic acids is 2. The summed E-state index contributed by atoms with van der Waals surface area (Å²) in [4.78, 5) is 23.1. The first-order valence-electron chi connectivity index (χ1n) is 6.30. The number of hydrogen-bond donors (Lipinski definition) is 1. The Labute approximate surface area is 101 Å². The lowest BCUT2D eigenvalue weighted by atomic mass is 10.0. The molecular weight excluding hydrogens is 222 g/mol. The second kappa shape index (κ2) is 5.49. The van der Waals surface area contributed by atoms with Gasteiger partial charge in [-0.15, -0.1) is 0 Å². The van der Waals surface area contributed by atoms with Crippen molar-refractivity contribution in [2.75, 3.05) is 19.7 Å². The summed E-state index contributed by atoms with van der Waals surface area (Å²) in [5.74, 6) is -0.691. The first-order chi connectivity index (χ1) is 8.22. The van der Waals surface area contributed by atoms with Crippen molar-refractivity contribution >= 4 is 11.9 Å². The Morgan fingerprint density at radius 2 is 2.18 bits per heavy atom. The molecule has 2 aliphatic rings. The zero-order valence-electron chi connectivity index (χ0n) is 10.1. The maximum absolute atomic E-state index is 11.8. The molecule has 1 aliphatic carbocycles. The van der Waals surface area contributed by atoms with Gasteiger partial charge in [-0.3, -0.25) is 9.59 Å². The van der Waals surface area contributed by atoms with E-state index in [1.807, 2.05) is 0 Å². The van der Waals surface area contributed by atoms with E-state index in [0.717, 1.165) is 19.4 Å². The molecule has 2 rings (SSSR count). The first-order valence-corrected chi connectivity index (χ1v) is 6.30. The van der Waals surface area contributed by atoms with Crippen LogP contribution in [-0.4, -0.2) is 37.7 Å². The molecule has 0 aromatic heterocycles. The Kier molecular flexibility index (Phi) is 3.99. The van der Waals surface area contributed by atoms with E-state index in [1.165, 1.54) is 0 Å². The Morgan fingerprint density at radius 3 is 2.82 bits per heavy atom. The van der Waals surface area contributed by atoms with Gasteiger partial charge < -0.3 is 14.8 Å². The second-order valence-corrected chi connectivity index (χ2v) is 4.61. The van der Waals surface area contributed by atoms with Gasteiger partial charge in [0.15, 0.2) is 0 Å². The Hall–Kier alpha value is -1.10. The van der Waals surface area contributed by atoms with Gasteiger partial charge in [0.1, 0.15) is 6.10 Å². The molecule has 0 aromatic carbocycles. The minimum atomic E-state index is -0.247. The van der Waals surface area contributed by atoms with Gasteiger partial charge >= 0.3 is 11.9 Å². The topological polar surface area (TPSA) is 64.6 Å². The molecule has 3 atom stereocenters. The van der Waals surface area contributed by atoms with E-state index in [1.54, 1.807) is 6.92 Å². The van der Waals surface area contributed by atoms with Crippen LogP contribution in [0.1, 0.15) is 26.2 Å². The molecule has 96 valence electrons. The Morgan fingerprint density at radius 1 is 1.35 bits per heavy atom. The molecule has 0 amide bonds. The molecule has 3 unspecified atom stereocenters. The predicted octanol–water partition coefficient (Wildman–Crippen LogP) is 0.481. The number of ether oxygens (including phenoxy) is 2. The highest BCUT2D eigenvalue weighted by Crippen LogP contribution is 2.35. The maximum atomic E-state index is 11.8. The molecule has 0 spiro atoms. The van der Waals surface area contributed by atoms with Crippen LogP contribution in [0.3, 0.4) is 0 Å². The molecule has 1 N–H and O–H groups in total. The van der Waals surface area contributed by atoms with Crippen LogP contribution in [0.2, 0.25) is 0 Å². The van der Waals surface area contributed by atoms with E-state index in [4.69, 9.17) is 9.47 Å². The fourth-order valence-corrected chi connectivity index (χ4v) is 2.10. The fraction of sp³-hybridized carbons (Fsp3) is 0.833. The summed E-state index contributed by atoms with van der Waals surface area (Å²) >= 11 is 0. The average Bonchev–Trinajstić information content (AvgIpc) is 3.10. The molecule has 0 bridgehead atoms. The van der Waals surface area contributed by atoms with Crippen LogP contribution in [0.15, 0.2) is 0 Å². The quantitative estimate of drug-likeness (QED) is 0.725. The predicted molar refractivity (Wildman–Crippen MR) is 60.2 cm³/mol. The largest absolute Gasteiger partial charge is 0.466 e. The summed E-state index contributed by atoms with van der Waals surface area (Å²) in [6, 6.07) is 0. The molecule has 1 saturated heterocycles. The van der Waals surface area contributed by atoms with Crippen molar-refractivity contribution in [1.82, 2.24) is 5.32 Å². The van der Waals surface area contributed by atoms with E-state index < -0.39 is 0 Å². The minimum absolute atomic E-state index is 0.0489. The maximum Gasteiger partial charge on any atom is 0.312 e. The smallest absolute Gasteiger partial charge is 0.312 e. The van der Waals surface area contributed by atoms with Crippen LogP contribution in [0.5, 0.6) is 0 Å². The summed E-state index contributed by atoms with van der Waals surface area (Å²) in [7, 11) is 0. The Balaban J connectivity index is 1.72. The van der Waals surface area contributed by atoms with Crippen LogP contribution >= 0.6 is 0 Å². The lowest BCUT2D eigenvalue weighted by molar-refractivity contribution is -0.153. The van der Waals surface area contributed by atoms with Gasteiger partial charge in [-0.2, -0.15) is 0 Å². The third-order valence-electron chi connectivity index (χ3n) is 3.22. The molecule has 1 aliphatic heterocycles. The van der Waals surface area contributed by atoms with Crippen molar-refractivity contribution in [2.24, 2.45) is 11.8 Å². The van der Waals surface area contributed by atoms with Crippen LogP contribution in [-0.2, 0) is 19.1 Å². The standard InChI is InChI=1S/C12H19NO4/c1-2-16-12(15)9-6-10(9)17-11(14)8-4-3-5-13-7-8/h8-10,13H,2-7H2,1H3. The number of nitrogens with one attached hydrogen (secondary N) is 1. The zero-order valence-corrected chi connectivity index (χ0v) is 10.1. The van der Waals surface area contributed by atoms with Gasteiger partial charge in [-0.05, 0) is 26.3 Å². The van der Waals surface area contributed by atoms with Crippen LogP contribution < -0.4 is 5.32 Å². The molecule has 2 fully saturated rings. The van der Waals surface area contributed by atoms with Crippen LogP contribution in [0, 0.1) is 11.8 Å². The first kappa shape index (κ1) is 12.4. The van der Waals surface area contributed by atoms with E-state index in [9.17, 15) is 9.59 Å². The van der Waals surface area contributed by atoms with E-state index in [-0.39, 0.29) is 29.9 Å². The molecule has 5 heteroatoms. The molecule has 17 heavy (non-hydrogen) atoms. The summed E-state index contributed by atoms with van der Waals surface area (Å²) in [6.45, 7) is 3.81. The summed E-state index contributed by atoms with van der Waals surface area (Å²) in [6.07, 6.45) is 2.25. The van der Waals surface area contributed by atoms with Crippen LogP contribution in [0.25, 0.3) is 0 Å².